The molecule has 3 amide bonds. The first kappa shape index (κ1) is 22.7. The Bertz CT molecular complexity index is 427. The van der Waals surface area contributed by atoms with Gasteiger partial charge in [-0.2, -0.15) is 13.2 Å². The van der Waals surface area contributed by atoms with Gasteiger partial charge in [-0.25, -0.2) is 4.79 Å². The lowest BCUT2D eigenvalue weighted by molar-refractivity contribution is -0.174. The van der Waals surface area contributed by atoms with Crippen LogP contribution >= 0.6 is 0 Å². The molecule has 1 heterocycles. The highest BCUT2D eigenvalue weighted by Crippen LogP contribution is 2.14. The topological polar surface area (TPSA) is 73.9 Å². The average molecular weight is 382 g/mol. The van der Waals surface area contributed by atoms with E-state index in [4.69, 9.17) is 0 Å². The van der Waals surface area contributed by atoms with Crippen molar-refractivity contribution in [2.24, 2.45) is 0 Å². The van der Waals surface area contributed by atoms with Crippen LogP contribution in [0.3, 0.4) is 0 Å². The van der Waals surface area contributed by atoms with E-state index in [1.54, 1.807) is 0 Å². The van der Waals surface area contributed by atoms with E-state index in [-0.39, 0.29) is 19.1 Å². The second-order valence-corrected chi connectivity index (χ2v) is 6.30. The Labute approximate surface area is 152 Å². The molecule has 0 aromatic rings. The Balaban J connectivity index is 2.08. The van der Waals surface area contributed by atoms with Crippen molar-refractivity contribution in [1.82, 2.24) is 20.4 Å². The number of halogens is 3. The maximum atomic E-state index is 11.9. The van der Waals surface area contributed by atoms with Crippen LogP contribution in [0.5, 0.6) is 0 Å². The third-order valence-corrected chi connectivity index (χ3v) is 3.93. The van der Waals surface area contributed by atoms with Crippen LogP contribution in [0.1, 0.15) is 26.2 Å². The number of nitrogens with zero attached hydrogens (tertiary/aromatic N) is 2. The molecule has 1 rings (SSSR count). The van der Waals surface area contributed by atoms with Gasteiger partial charge in [-0.05, 0) is 12.8 Å². The summed E-state index contributed by atoms with van der Waals surface area (Å²) in [5, 5.41) is 4.93. The normalized spacial score (nSPS) is 16.5. The Kier molecular flexibility index (Phi) is 10.5. The zero-order valence-corrected chi connectivity index (χ0v) is 15.2. The van der Waals surface area contributed by atoms with E-state index in [0.717, 1.165) is 25.9 Å². The highest BCUT2D eigenvalue weighted by molar-refractivity contribution is 5.95. The van der Waals surface area contributed by atoms with Crippen LogP contribution in [0.4, 0.5) is 18.0 Å². The molecule has 0 atom stereocenters. The molecule has 0 spiro atoms. The van der Waals surface area contributed by atoms with Crippen LogP contribution in [0, 0.1) is 0 Å². The summed E-state index contributed by atoms with van der Waals surface area (Å²) < 4.78 is 40.4. The second-order valence-electron chi connectivity index (χ2n) is 6.30. The summed E-state index contributed by atoms with van der Waals surface area (Å²) in [6, 6.07) is -0.471. The third kappa shape index (κ3) is 11.3. The number of hydrogen-bond acceptors (Lipinski definition) is 5. The van der Waals surface area contributed by atoms with Crippen molar-refractivity contribution in [3.63, 3.8) is 0 Å². The van der Waals surface area contributed by atoms with Gasteiger partial charge < -0.3 is 15.0 Å². The Morgan fingerprint density at radius 1 is 1.08 bits per heavy atom. The minimum Gasteiger partial charge on any atom is -0.372 e. The van der Waals surface area contributed by atoms with E-state index in [1.807, 2.05) is 11.8 Å². The molecule has 0 bridgehead atoms. The number of carbonyl (C=O) groups is 2. The van der Waals surface area contributed by atoms with Crippen molar-refractivity contribution in [3.05, 3.63) is 0 Å². The van der Waals surface area contributed by atoms with Gasteiger partial charge in [0.25, 0.3) is 0 Å². The fraction of sp³-hybridized carbons (Fsp3) is 0.875. The number of nitrogens with one attached hydrogen (secondary N) is 2. The van der Waals surface area contributed by atoms with Crippen LogP contribution < -0.4 is 10.6 Å². The predicted molar refractivity (Wildman–Crippen MR) is 90.8 cm³/mol. The first-order valence-electron chi connectivity index (χ1n) is 8.97. The number of hydrogen-bond donors (Lipinski definition) is 2. The molecule has 7 nitrogen and oxygen atoms in total. The van der Waals surface area contributed by atoms with Crippen molar-refractivity contribution < 1.29 is 27.5 Å². The fourth-order valence-corrected chi connectivity index (χ4v) is 2.54. The first-order valence-corrected chi connectivity index (χ1v) is 8.97. The summed E-state index contributed by atoms with van der Waals surface area (Å²) in [7, 11) is 0. The minimum atomic E-state index is -4.28. The fourth-order valence-electron chi connectivity index (χ4n) is 2.54. The van der Waals surface area contributed by atoms with E-state index < -0.39 is 18.8 Å². The molecule has 152 valence electrons. The average Bonchev–Trinajstić information content (AvgIpc) is 2.55. The Morgan fingerprint density at radius 3 is 2.35 bits per heavy atom. The maximum Gasteiger partial charge on any atom is 0.411 e. The molecule has 10 heteroatoms. The Hall–Kier alpha value is -1.39. The van der Waals surface area contributed by atoms with Crippen molar-refractivity contribution in [3.8, 4) is 0 Å². The number of carbonyl (C=O) groups excluding carboxylic acids is 2. The van der Waals surface area contributed by atoms with Crippen LogP contribution in [0.25, 0.3) is 0 Å². The van der Waals surface area contributed by atoms with Gasteiger partial charge in [0, 0.05) is 45.9 Å². The number of imide groups is 1. The van der Waals surface area contributed by atoms with Gasteiger partial charge in [0.1, 0.15) is 6.61 Å². The lowest BCUT2D eigenvalue weighted by Crippen LogP contribution is -2.51. The van der Waals surface area contributed by atoms with Crippen molar-refractivity contribution >= 4 is 11.9 Å². The van der Waals surface area contributed by atoms with Gasteiger partial charge >= 0.3 is 12.2 Å². The number of piperazine rings is 1. The van der Waals surface area contributed by atoms with Gasteiger partial charge in [0.15, 0.2) is 0 Å². The molecule has 0 aliphatic carbocycles. The monoisotopic (exact) mass is 382 g/mol. The molecule has 26 heavy (non-hydrogen) atoms. The zero-order valence-electron chi connectivity index (χ0n) is 15.2. The van der Waals surface area contributed by atoms with E-state index >= 15 is 0 Å². The summed E-state index contributed by atoms with van der Waals surface area (Å²) in [6.45, 7) is 5.06. The summed E-state index contributed by atoms with van der Waals surface area (Å²) >= 11 is 0. The van der Waals surface area contributed by atoms with Crippen molar-refractivity contribution in [1.29, 1.82) is 0 Å². The first-order chi connectivity index (χ1) is 12.3. The molecule has 1 saturated heterocycles. The number of urea groups is 1. The summed E-state index contributed by atoms with van der Waals surface area (Å²) in [5.74, 6) is -0.340. The summed E-state index contributed by atoms with van der Waals surface area (Å²) in [4.78, 5) is 27.4. The molecule has 0 unspecified atom stereocenters. The molecule has 0 aromatic carbocycles. The Morgan fingerprint density at radius 2 is 1.73 bits per heavy atom. The SMILES string of the molecule is CCCCNC(=O)NC(=O)CN1CCN(CCCOCC(F)(F)F)CC1. The van der Waals surface area contributed by atoms with Crippen molar-refractivity contribution in [2.45, 2.75) is 32.4 Å². The molecule has 1 fully saturated rings. The predicted octanol–water partition coefficient (Wildman–Crippen LogP) is 1.20. The second kappa shape index (κ2) is 12.1. The quantitative estimate of drug-likeness (QED) is 0.556. The zero-order chi connectivity index (χ0) is 19.4. The van der Waals surface area contributed by atoms with E-state index in [0.29, 0.717) is 32.6 Å². The van der Waals surface area contributed by atoms with Crippen LogP contribution in [0.2, 0.25) is 0 Å². The highest BCUT2D eigenvalue weighted by atomic mass is 19.4. The maximum absolute atomic E-state index is 11.9. The van der Waals surface area contributed by atoms with Gasteiger partial charge in [0.2, 0.25) is 5.91 Å². The van der Waals surface area contributed by atoms with Gasteiger partial charge in [-0.15, -0.1) is 0 Å². The number of unbranched alkanes of at least 4 members (excludes halogenated alkanes) is 1. The molecule has 1 aliphatic heterocycles. The third-order valence-electron chi connectivity index (χ3n) is 3.93. The van der Waals surface area contributed by atoms with Crippen molar-refractivity contribution in [2.75, 3.05) is 59.0 Å². The molecule has 2 N–H and O–H groups in total. The van der Waals surface area contributed by atoms with Crippen LogP contribution in [-0.2, 0) is 9.53 Å². The van der Waals surface area contributed by atoms with Gasteiger partial charge in [0.05, 0.1) is 6.54 Å². The van der Waals surface area contributed by atoms with Crippen LogP contribution in [-0.4, -0.2) is 86.9 Å². The highest BCUT2D eigenvalue weighted by Gasteiger charge is 2.27. The molecular weight excluding hydrogens is 353 g/mol. The lowest BCUT2D eigenvalue weighted by atomic mass is 10.3. The van der Waals surface area contributed by atoms with Crippen LogP contribution in [0.15, 0.2) is 0 Å². The largest absolute Gasteiger partial charge is 0.411 e. The van der Waals surface area contributed by atoms with E-state index in [9.17, 15) is 22.8 Å². The lowest BCUT2D eigenvalue weighted by Gasteiger charge is -2.34. The molecule has 0 aromatic heterocycles. The number of alkyl halides is 3. The minimum absolute atomic E-state index is 0.0786. The molecule has 0 radical (unpaired) electrons. The van der Waals surface area contributed by atoms with Gasteiger partial charge in [-0.1, -0.05) is 13.3 Å². The molecule has 1 aliphatic rings. The smallest absolute Gasteiger partial charge is 0.372 e. The standard InChI is InChI=1S/C16H29F3N4O3/c1-2-3-5-20-15(25)21-14(24)12-23-9-7-22(8-10-23)6-4-11-26-13-16(17,18)19/h2-13H2,1H3,(H2,20,21,24,25). The summed E-state index contributed by atoms with van der Waals surface area (Å²) in [5.41, 5.74) is 0. The van der Waals surface area contributed by atoms with E-state index in [1.165, 1.54) is 0 Å². The number of rotatable bonds is 10. The molecular formula is C16H29F3N4O3. The van der Waals surface area contributed by atoms with E-state index in [2.05, 4.69) is 20.3 Å². The number of amides is 3. The number of ether oxygens (including phenoxy) is 1. The summed E-state index contributed by atoms with van der Waals surface area (Å²) in [6.07, 6.45) is -1.91. The van der Waals surface area contributed by atoms with Gasteiger partial charge in [-0.3, -0.25) is 15.0 Å². The molecule has 0 saturated carbocycles.